The molecule has 1 atom stereocenters. The first-order valence-electron chi connectivity index (χ1n) is 8.35. The summed E-state index contributed by atoms with van der Waals surface area (Å²) in [6.07, 6.45) is -1.11. The molecule has 1 amide bonds. The second-order valence-corrected chi connectivity index (χ2v) is 7.40. The lowest BCUT2D eigenvalue weighted by molar-refractivity contribution is -0.123. The van der Waals surface area contributed by atoms with Crippen molar-refractivity contribution in [3.63, 3.8) is 0 Å². The average Bonchev–Trinajstić information content (AvgIpc) is 3.05. The summed E-state index contributed by atoms with van der Waals surface area (Å²) in [5, 5.41) is 3.58. The molecule has 144 valence electrons. The molecule has 3 rings (SSSR count). The van der Waals surface area contributed by atoms with E-state index < -0.39 is 23.8 Å². The number of hydrogen-bond acceptors (Lipinski definition) is 5. The zero-order valence-corrected chi connectivity index (χ0v) is 16.6. The van der Waals surface area contributed by atoms with Crippen molar-refractivity contribution in [3.8, 4) is 10.6 Å². The molecular weight excluding hydrogens is 403 g/mol. The maximum Gasteiger partial charge on any atom is 0.351 e. The van der Waals surface area contributed by atoms with Gasteiger partial charge in [0, 0.05) is 10.6 Å². The topological polar surface area (TPSA) is 68.3 Å². The Morgan fingerprint density at radius 2 is 1.96 bits per heavy atom. The van der Waals surface area contributed by atoms with Gasteiger partial charge in [0.15, 0.2) is 6.10 Å². The fraction of sp³-hybridized carbons (Fsp3) is 0.150. The molecule has 1 heterocycles. The molecule has 1 aromatic heterocycles. The number of amides is 1. The third kappa shape index (κ3) is 4.55. The Morgan fingerprint density at radius 1 is 1.21 bits per heavy atom. The highest BCUT2D eigenvalue weighted by Crippen LogP contribution is 2.30. The molecule has 8 heteroatoms. The first-order valence-corrected chi connectivity index (χ1v) is 9.54. The van der Waals surface area contributed by atoms with E-state index >= 15 is 0 Å². The molecule has 0 saturated heterocycles. The van der Waals surface area contributed by atoms with E-state index in [2.05, 4.69) is 10.3 Å². The monoisotopic (exact) mass is 418 g/mol. The van der Waals surface area contributed by atoms with Crippen molar-refractivity contribution in [3.05, 3.63) is 69.9 Å². The smallest absolute Gasteiger partial charge is 0.351 e. The second kappa shape index (κ2) is 8.50. The molecule has 0 aliphatic carbocycles. The second-order valence-electron chi connectivity index (χ2n) is 5.96. The number of nitrogens with zero attached hydrogens (tertiary/aromatic N) is 1. The Kier molecular flexibility index (Phi) is 6.06. The number of aromatic nitrogens is 1. The summed E-state index contributed by atoms with van der Waals surface area (Å²) < 4.78 is 18.9. The lowest BCUT2D eigenvalue weighted by atomic mass is 10.2. The third-order valence-corrected chi connectivity index (χ3v) is 5.26. The van der Waals surface area contributed by atoms with Crippen molar-refractivity contribution in [2.24, 2.45) is 0 Å². The van der Waals surface area contributed by atoms with Gasteiger partial charge in [0.25, 0.3) is 5.91 Å². The van der Waals surface area contributed by atoms with Crippen LogP contribution in [0.15, 0.2) is 48.5 Å². The minimum Gasteiger partial charge on any atom is -0.448 e. The Labute approximate surface area is 170 Å². The third-order valence-electron chi connectivity index (χ3n) is 3.84. The Hall–Kier alpha value is -2.77. The van der Waals surface area contributed by atoms with Crippen LogP contribution in [0.25, 0.3) is 10.6 Å². The summed E-state index contributed by atoms with van der Waals surface area (Å²) in [6.45, 7) is 3.10. The van der Waals surface area contributed by atoms with Gasteiger partial charge in [-0.25, -0.2) is 14.2 Å². The predicted molar refractivity (Wildman–Crippen MR) is 107 cm³/mol. The summed E-state index contributed by atoms with van der Waals surface area (Å²) in [6, 6.07) is 12.9. The molecule has 3 aromatic rings. The van der Waals surface area contributed by atoms with Gasteiger partial charge in [0.1, 0.15) is 15.7 Å². The number of thiazole rings is 1. The number of benzene rings is 2. The normalized spacial score (nSPS) is 11.7. The zero-order chi connectivity index (χ0) is 20.3. The highest BCUT2D eigenvalue weighted by atomic mass is 35.5. The van der Waals surface area contributed by atoms with Crippen molar-refractivity contribution in [2.75, 3.05) is 5.32 Å². The average molecular weight is 419 g/mol. The summed E-state index contributed by atoms with van der Waals surface area (Å²) in [5.41, 5.74) is 1.30. The van der Waals surface area contributed by atoms with Gasteiger partial charge in [-0.2, -0.15) is 0 Å². The molecule has 0 aliphatic heterocycles. The molecule has 1 N–H and O–H groups in total. The molecule has 0 spiro atoms. The number of anilines is 1. The quantitative estimate of drug-likeness (QED) is 0.585. The van der Waals surface area contributed by atoms with Gasteiger partial charge in [-0.1, -0.05) is 35.9 Å². The maximum absolute atomic E-state index is 13.6. The Morgan fingerprint density at radius 3 is 2.68 bits per heavy atom. The van der Waals surface area contributed by atoms with Gasteiger partial charge in [0.05, 0.1) is 11.4 Å². The summed E-state index contributed by atoms with van der Waals surface area (Å²) in [4.78, 5) is 29.4. The zero-order valence-electron chi connectivity index (χ0n) is 15.0. The van der Waals surface area contributed by atoms with Crippen LogP contribution in [0.2, 0.25) is 5.02 Å². The van der Waals surface area contributed by atoms with Gasteiger partial charge in [-0.15, -0.1) is 11.3 Å². The van der Waals surface area contributed by atoms with Crippen LogP contribution in [0.4, 0.5) is 10.1 Å². The van der Waals surface area contributed by atoms with E-state index in [4.69, 9.17) is 16.3 Å². The van der Waals surface area contributed by atoms with E-state index in [9.17, 15) is 14.0 Å². The molecule has 0 bridgehead atoms. The van der Waals surface area contributed by atoms with E-state index in [0.717, 1.165) is 16.9 Å². The van der Waals surface area contributed by atoms with Crippen molar-refractivity contribution in [1.29, 1.82) is 0 Å². The lowest BCUT2D eigenvalue weighted by Gasteiger charge is -2.13. The van der Waals surface area contributed by atoms with Crippen LogP contribution in [-0.4, -0.2) is 23.0 Å². The summed E-state index contributed by atoms with van der Waals surface area (Å²) in [7, 11) is 0. The van der Waals surface area contributed by atoms with E-state index in [-0.39, 0.29) is 5.69 Å². The largest absolute Gasteiger partial charge is 0.448 e. The van der Waals surface area contributed by atoms with E-state index in [1.54, 1.807) is 31.2 Å². The number of carbonyl (C=O) groups is 2. The molecule has 0 saturated carbocycles. The first kappa shape index (κ1) is 20.0. The molecule has 5 nitrogen and oxygen atoms in total. The number of para-hydroxylation sites is 1. The van der Waals surface area contributed by atoms with E-state index in [0.29, 0.717) is 20.6 Å². The molecule has 0 fully saturated rings. The SMILES string of the molecule is Cc1nc(-c2cccc(Cl)c2)sc1C(=O)OC(C)C(=O)Nc1ccccc1F. The number of hydrogen-bond donors (Lipinski definition) is 1. The summed E-state index contributed by atoms with van der Waals surface area (Å²) >= 11 is 7.15. The van der Waals surface area contributed by atoms with Crippen LogP contribution in [0, 0.1) is 12.7 Å². The highest BCUT2D eigenvalue weighted by Gasteiger charge is 2.23. The molecule has 1 unspecified atom stereocenters. The predicted octanol–water partition coefficient (Wildman–Crippen LogP) is 5.10. The number of halogens is 2. The molecule has 2 aromatic carbocycles. The van der Waals surface area contributed by atoms with Crippen molar-refractivity contribution in [1.82, 2.24) is 4.98 Å². The Bertz CT molecular complexity index is 1040. The fourth-order valence-electron chi connectivity index (χ4n) is 2.40. The van der Waals surface area contributed by atoms with Crippen LogP contribution >= 0.6 is 22.9 Å². The number of rotatable bonds is 5. The van der Waals surface area contributed by atoms with Crippen molar-refractivity contribution in [2.45, 2.75) is 20.0 Å². The van der Waals surface area contributed by atoms with Crippen LogP contribution in [0.1, 0.15) is 22.3 Å². The van der Waals surface area contributed by atoms with Gasteiger partial charge in [-0.3, -0.25) is 4.79 Å². The first-order chi connectivity index (χ1) is 13.3. The summed E-state index contributed by atoms with van der Waals surface area (Å²) in [5.74, 6) is -1.87. The van der Waals surface area contributed by atoms with E-state index in [1.807, 2.05) is 6.07 Å². The van der Waals surface area contributed by atoms with Crippen LogP contribution in [0.5, 0.6) is 0 Å². The maximum atomic E-state index is 13.6. The van der Waals surface area contributed by atoms with Crippen molar-refractivity contribution < 1.29 is 18.7 Å². The minimum absolute atomic E-state index is 0.0209. The fourth-order valence-corrected chi connectivity index (χ4v) is 3.53. The molecule has 0 radical (unpaired) electrons. The van der Waals surface area contributed by atoms with Crippen molar-refractivity contribution >= 4 is 40.5 Å². The van der Waals surface area contributed by atoms with Gasteiger partial charge < -0.3 is 10.1 Å². The van der Waals surface area contributed by atoms with E-state index in [1.165, 1.54) is 25.1 Å². The number of aryl methyl sites for hydroxylation is 1. The molecule has 0 aliphatic rings. The highest BCUT2D eigenvalue weighted by molar-refractivity contribution is 7.17. The lowest BCUT2D eigenvalue weighted by Crippen LogP contribution is -2.30. The molecular formula is C20H16ClFN2O3S. The number of nitrogens with one attached hydrogen (secondary N) is 1. The van der Waals surface area contributed by atoms with Crippen LogP contribution < -0.4 is 5.32 Å². The Balaban J connectivity index is 1.70. The number of esters is 1. The number of ether oxygens (including phenoxy) is 1. The number of carbonyl (C=O) groups excluding carboxylic acids is 2. The minimum atomic E-state index is -1.11. The van der Waals surface area contributed by atoms with Gasteiger partial charge in [0.2, 0.25) is 0 Å². The van der Waals surface area contributed by atoms with Crippen LogP contribution in [-0.2, 0) is 9.53 Å². The van der Waals surface area contributed by atoms with Gasteiger partial charge >= 0.3 is 5.97 Å². The molecule has 28 heavy (non-hydrogen) atoms. The van der Waals surface area contributed by atoms with Gasteiger partial charge in [-0.05, 0) is 38.1 Å². The standard InChI is InChI=1S/C20H16ClFN2O3S/c1-11-17(28-19(23-11)13-6-5-7-14(21)10-13)20(26)27-12(2)18(25)24-16-9-4-3-8-15(16)22/h3-10,12H,1-2H3,(H,24,25). The van der Waals surface area contributed by atoms with Crippen LogP contribution in [0.3, 0.4) is 0 Å².